The number of halogens is 2. The van der Waals surface area contributed by atoms with Crippen LogP contribution in [0.4, 0.5) is 0 Å². The van der Waals surface area contributed by atoms with E-state index in [2.05, 4.69) is 17.0 Å². The maximum atomic E-state index is 11.6. The van der Waals surface area contributed by atoms with Gasteiger partial charge in [-0.15, -0.1) is 11.6 Å². The Morgan fingerprint density at radius 3 is 2.70 bits per heavy atom. The molecule has 1 saturated carbocycles. The summed E-state index contributed by atoms with van der Waals surface area (Å²) < 4.78 is 1.70. The molecule has 6 heteroatoms. The monoisotopic (exact) mass is 353 g/mol. The fraction of sp³-hybridized carbons (Fsp3) is 0.529. The van der Waals surface area contributed by atoms with Gasteiger partial charge in [-0.1, -0.05) is 30.7 Å². The van der Waals surface area contributed by atoms with Crippen molar-refractivity contribution in [1.29, 1.82) is 0 Å². The second-order valence-corrected chi connectivity index (χ2v) is 7.48. The van der Waals surface area contributed by atoms with Gasteiger partial charge in [0.2, 0.25) is 0 Å². The SMILES string of the molecule is C[C@]1(CCl)CC[C@@H](Cc2ccc(Cl)cc2)[C@@]1(O)Cn1cncn1. The zero-order valence-electron chi connectivity index (χ0n) is 13.1. The molecular weight excluding hydrogens is 333 g/mol. The van der Waals surface area contributed by atoms with Crippen LogP contribution in [0.25, 0.3) is 0 Å². The van der Waals surface area contributed by atoms with Crippen LogP contribution in [-0.2, 0) is 13.0 Å². The Morgan fingerprint density at radius 2 is 2.09 bits per heavy atom. The predicted molar refractivity (Wildman–Crippen MR) is 91.7 cm³/mol. The summed E-state index contributed by atoms with van der Waals surface area (Å²) >= 11 is 12.2. The molecule has 1 heterocycles. The van der Waals surface area contributed by atoms with Gasteiger partial charge in [-0.25, -0.2) is 4.98 Å². The van der Waals surface area contributed by atoms with Crippen molar-refractivity contribution < 1.29 is 5.11 Å². The van der Waals surface area contributed by atoms with E-state index in [0.717, 1.165) is 24.3 Å². The molecule has 23 heavy (non-hydrogen) atoms. The predicted octanol–water partition coefficient (Wildman–Crippen LogP) is 3.56. The van der Waals surface area contributed by atoms with Crippen LogP contribution in [0.3, 0.4) is 0 Å². The van der Waals surface area contributed by atoms with Gasteiger partial charge in [-0.3, -0.25) is 4.68 Å². The van der Waals surface area contributed by atoms with Crippen molar-refractivity contribution in [3.63, 3.8) is 0 Å². The maximum Gasteiger partial charge on any atom is 0.137 e. The zero-order valence-corrected chi connectivity index (χ0v) is 14.6. The molecule has 0 amide bonds. The van der Waals surface area contributed by atoms with Gasteiger partial charge in [0.1, 0.15) is 12.7 Å². The van der Waals surface area contributed by atoms with E-state index in [1.807, 2.05) is 24.3 Å². The Labute approximate surface area is 146 Å². The minimum absolute atomic E-state index is 0.122. The van der Waals surface area contributed by atoms with E-state index >= 15 is 0 Å². The highest BCUT2D eigenvalue weighted by Crippen LogP contribution is 2.52. The zero-order chi connectivity index (χ0) is 16.5. The molecule has 1 N–H and O–H groups in total. The molecule has 0 unspecified atom stereocenters. The molecule has 1 aromatic carbocycles. The van der Waals surface area contributed by atoms with E-state index in [9.17, 15) is 5.11 Å². The van der Waals surface area contributed by atoms with Crippen LogP contribution in [0.1, 0.15) is 25.3 Å². The Hall–Kier alpha value is -1.10. The van der Waals surface area contributed by atoms with Crippen LogP contribution in [0, 0.1) is 11.3 Å². The first-order chi connectivity index (χ1) is 11.0. The molecule has 3 atom stereocenters. The lowest BCUT2D eigenvalue weighted by Crippen LogP contribution is -2.51. The standard InChI is InChI=1S/C17H21Cl2N3O/c1-16(9-18)7-6-14(8-13-2-4-15(19)5-3-13)17(16,23)10-22-12-20-11-21-22/h2-5,11-12,14,23H,6-10H2,1H3/t14-,16+,17-/m0/s1. The molecule has 1 aliphatic carbocycles. The average Bonchev–Trinajstić information content (AvgIpc) is 3.12. The summed E-state index contributed by atoms with van der Waals surface area (Å²) in [6.07, 6.45) is 5.78. The highest BCUT2D eigenvalue weighted by molar-refractivity contribution is 6.30. The van der Waals surface area contributed by atoms with Crippen LogP contribution >= 0.6 is 23.2 Å². The summed E-state index contributed by atoms with van der Waals surface area (Å²) in [5.74, 6) is 0.548. The lowest BCUT2D eigenvalue weighted by Gasteiger charge is -2.42. The van der Waals surface area contributed by atoms with E-state index in [1.54, 1.807) is 11.0 Å². The number of nitrogens with zero attached hydrogens (tertiary/aromatic N) is 3. The van der Waals surface area contributed by atoms with Crippen molar-refractivity contribution in [3.05, 3.63) is 47.5 Å². The molecule has 2 aromatic rings. The van der Waals surface area contributed by atoms with Crippen LogP contribution in [0.2, 0.25) is 5.02 Å². The number of hydrogen-bond donors (Lipinski definition) is 1. The van der Waals surface area contributed by atoms with Gasteiger partial charge in [0.05, 0.1) is 12.1 Å². The second kappa shape index (κ2) is 6.42. The summed E-state index contributed by atoms with van der Waals surface area (Å²) in [4.78, 5) is 3.98. The summed E-state index contributed by atoms with van der Waals surface area (Å²) in [7, 11) is 0. The lowest BCUT2D eigenvalue weighted by molar-refractivity contribution is -0.0891. The molecular formula is C17H21Cl2N3O. The van der Waals surface area contributed by atoms with E-state index in [0.29, 0.717) is 12.4 Å². The summed E-state index contributed by atoms with van der Waals surface area (Å²) in [6, 6.07) is 7.83. The minimum atomic E-state index is -0.915. The molecule has 0 bridgehead atoms. The van der Waals surface area contributed by atoms with Gasteiger partial charge in [-0.2, -0.15) is 5.10 Å². The largest absolute Gasteiger partial charge is 0.387 e. The van der Waals surface area contributed by atoms with Crippen molar-refractivity contribution in [3.8, 4) is 0 Å². The molecule has 1 fully saturated rings. The first-order valence-electron chi connectivity index (χ1n) is 7.82. The van der Waals surface area contributed by atoms with Gasteiger partial charge >= 0.3 is 0 Å². The van der Waals surface area contributed by atoms with Crippen LogP contribution in [0.15, 0.2) is 36.9 Å². The third-order valence-electron chi connectivity index (χ3n) is 5.33. The Bertz CT molecular complexity index is 646. The molecule has 0 saturated heterocycles. The smallest absolute Gasteiger partial charge is 0.137 e. The first kappa shape index (κ1) is 16.7. The summed E-state index contributed by atoms with van der Waals surface area (Å²) in [5.41, 5.74) is -0.0742. The van der Waals surface area contributed by atoms with Gasteiger partial charge < -0.3 is 5.11 Å². The van der Waals surface area contributed by atoms with Gasteiger partial charge in [0.25, 0.3) is 0 Å². The number of aliphatic hydroxyl groups is 1. The Morgan fingerprint density at radius 1 is 1.35 bits per heavy atom. The van der Waals surface area contributed by atoms with Crippen LogP contribution < -0.4 is 0 Å². The topological polar surface area (TPSA) is 50.9 Å². The van der Waals surface area contributed by atoms with Gasteiger partial charge in [0.15, 0.2) is 0 Å². The number of hydrogen-bond acceptors (Lipinski definition) is 3. The third kappa shape index (κ3) is 3.12. The highest BCUT2D eigenvalue weighted by Gasteiger charge is 2.56. The van der Waals surface area contributed by atoms with Gasteiger partial charge in [0, 0.05) is 16.3 Å². The van der Waals surface area contributed by atoms with Crippen molar-refractivity contribution in [1.82, 2.24) is 14.8 Å². The quantitative estimate of drug-likeness (QED) is 0.836. The fourth-order valence-electron chi connectivity index (χ4n) is 3.68. The maximum absolute atomic E-state index is 11.6. The summed E-state index contributed by atoms with van der Waals surface area (Å²) in [6.45, 7) is 2.48. The van der Waals surface area contributed by atoms with Crippen LogP contribution in [-0.4, -0.2) is 31.4 Å². The molecule has 0 spiro atoms. The molecule has 1 aromatic heterocycles. The van der Waals surface area contributed by atoms with E-state index in [1.165, 1.54) is 11.9 Å². The molecule has 0 aliphatic heterocycles. The average molecular weight is 354 g/mol. The van der Waals surface area contributed by atoms with Crippen molar-refractivity contribution >= 4 is 23.2 Å². The second-order valence-electron chi connectivity index (χ2n) is 6.78. The minimum Gasteiger partial charge on any atom is -0.387 e. The van der Waals surface area contributed by atoms with E-state index in [4.69, 9.17) is 23.2 Å². The Kier molecular flexibility index (Phi) is 4.68. The number of aromatic nitrogens is 3. The Balaban J connectivity index is 1.87. The lowest BCUT2D eigenvalue weighted by atomic mass is 9.72. The summed E-state index contributed by atoms with van der Waals surface area (Å²) in [5, 5.41) is 16.4. The normalized spacial score (nSPS) is 30.7. The number of benzene rings is 1. The van der Waals surface area contributed by atoms with Crippen molar-refractivity contribution in [2.45, 2.75) is 38.3 Å². The van der Waals surface area contributed by atoms with Gasteiger partial charge in [-0.05, 0) is 42.9 Å². The highest BCUT2D eigenvalue weighted by atomic mass is 35.5. The third-order valence-corrected chi connectivity index (χ3v) is 6.17. The van der Waals surface area contributed by atoms with Crippen molar-refractivity contribution in [2.24, 2.45) is 11.3 Å². The number of rotatable bonds is 5. The van der Waals surface area contributed by atoms with Crippen molar-refractivity contribution in [2.75, 3.05) is 5.88 Å². The number of alkyl halides is 1. The molecule has 1 aliphatic rings. The molecule has 0 radical (unpaired) electrons. The molecule has 3 rings (SSSR count). The fourth-order valence-corrected chi connectivity index (χ4v) is 4.17. The molecule has 124 valence electrons. The first-order valence-corrected chi connectivity index (χ1v) is 8.73. The molecule has 4 nitrogen and oxygen atoms in total. The van der Waals surface area contributed by atoms with E-state index < -0.39 is 5.60 Å². The van der Waals surface area contributed by atoms with Crippen LogP contribution in [0.5, 0.6) is 0 Å². The van der Waals surface area contributed by atoms with E-state index in [-0.39, 0.29) is 11.3 Å².